The molecule has 130 valence electrons. The molecule has 3 rings (SSSR count). The molecular weight excluding hydrogens is 336 g/mol. The van der Waals surface area contributed by atoms with Crippen molar-refractivity contribution in [1.29, 1.82) is 0 Å². The summed E-state index contributed by atoms with van der Waals surface area (Å²) in [5, 5.41) is 22.4. The fourth-order valence-electron chi connectivity index (χ4n) is 2.20. The number of hydrogen-bond donors (Lipinski definition) is 2. The molecule has 2 N–H and O–H groups in total. The summed E-state index contributed by atoms with van der Waals surface area (Å²) in [6.07, 6.45) is 1.76. The minimum atomic E-state index is -0.487. The van der Waals surface area contributed by atoms with Crippen molar-refractivity contribution in [2.45, 2.75) is 6.42 Å². The summed E-state index contributed by atoms with van der Waals surface area (Å²) in [4.78, 5) is 24.9. The molecule has 9 nitrogen and oxygen atoms in total. The molecule has 0 atom stereocenters. The van der Waals surface area contributed by atoms with Crippen molar-refractivity contribution < 1.29 is 4.92 Å². The van der Waals surface area contributed by atoms with Crippen LogP contribution >= 0.6 is 0 Å². The van der Waals surface area contributed by atoms with E-state index in [0.29, 0.717) is 17.7 Å². The third kappa shape index (κ3) is 4.35. The number of aromatic amines is 1. The van der Waals surface area contributed by atoms with Crippen LogP contribution in [0, 0.1) is 10.1 Å². The van der Waals surface area contributed by atoms with Crippen LogP contribution in [0.25, 0.3) is 0 Å². The highest BCUT2D eigenvalue weighted by Gasteiger charge is 2.06. The van der Waals surface area contributed by atoms with E-state index in [2.05, 4.69) is 25.7 Å². The van der Waals surface area contributed by atoms with Crippen molar-refractivity contribution in [1.82, 2.24) is 15.2 Å². The van der Waals surface area contributed by atoms with Gasteiger partial charge < -0.3 is 0 Å². The highest BCUT2D eigenvalue weighted by Crippen LogP contribution is 2.11. The number of hydrogen-bond acceptors (Lipinski definition) is 7. The number of hydrazone groups is 1. The molecule has 0 fully saturated rings. The van der Waals surface area contributed by atoms with Crippen LogP contribution < -0.4 is 11.0 Å². The van der Waals surface area contributed by atoms with Crippen LogP contribution in [0.15, 0.2) is 64.5 Å². The molecule has 26 heavy (non-hydrogen) atoms. The summed E-state index contributed by atoms with van der Waals surface area (Å²) in [6.45, 7) is 0. The first-order valence-corrected chi connectivity index (χ1v) is 7.65. The highest BCUT2D eigenvalue weighted by molar-refractivity contribution is 5.81. The monoisotopic (exact) mass is 350 g/mol. The Hall–Kier alpha value is -3.88. The SMILES string of the molecule is O=c1[nH]c(N/N=C\c2cccc([N+](=O)[O-])c2)nnc1Cc1ccccc1. The first kappa shape index (κ1) is 17.0. The number of nitrogens with one attached hydrogen (secondary N) is 2. The van der Waals surface area contributed by atoms with Gasteiger partial charge in [0.2, 0.25) is 5.95 Å². The lowest BCUT2D eigenvalue weighted by atomic mass is 10.1. The molecule has 1 aromatic heterocycles. The summed E-state index contributed by atoms with van der Waals surface area (Å²) in [7, 11) is 0. The van der Waals surface area contributed by atoms with Gasteiger partial charge >= 0.3 is 0 Å². The quantitative estimate of drug-likeness (QED) is 0.398. The second-order valence-electron chi connectivity index (χ2n) is 5.33. The first-order chi connectivity index (χ1) is 12.6. The van der Waals surface area contributed by atoms with Crippen LogP contribution in [0.3, 0.4) is 0 Å². The average Bonchev–Trinajstić information content (AvgIpc) is 2.65. The molecule has 0 amide bonds. The minimum Gasteiger partial charge on any atom is -0.288 e. The zero-order chi connectivity index (χ0) is 18.4. The average molecular weight is 350 g/mol. The molecule has 0 saturated carbocycles. The van der Waals surface area contributed by atoms with Gasteiger partial charge in [0.05, 0.1) is 11.1 Å². The largest absolute Gasteiger partial charge is 0.288 e. The fraction of sp³-hybridized carbons (Fsp3) is 0.0588. The Morgan fingerprint density at radius 3 is 2.69 bits per heavy atom. The van der Waals surface area contributed by atoms with E-state index in [4.69, 9.17) is 0 Å². The number of nitro groups is 1. The molecule has 0 aliphatic carbocycles. The topological polar surface area (TPSA) is 126 Å². The van der Waals surface area contributed by atoms with Gasteiger partial charge in [-0.25, -0.2) is 5.43 Å². The predicted octanol–water partition coefficient (Wildman–Crippen LogP) is 2.11. The highest BCUT2D eigenvalue weighted by atomic mass is 16.6. The maximum Gasteiger partial charge on any atom is 0.274 e. The Morgan fingerprint density at radius 2 is 1.96 bits per heavy atom. The predicted molar refractivity (Wildman–Crippen MR) is 96.2 cm³/mol. The lowest BCUT2D eigenvalue weighted by Crippen LogP contribution is -2.18. The van der Waals surface area contributed by atoms with Crippen LogP contribution in [-0.4, -0.2) is 26.3 Å². The Labute approximate surface area is 147 Å². The van der Waals surface area contributed by atoms with E-state index >= 15 is 0 Å². The van der Waals surface area contributed by atoms with Gasteiger partial charge in [-0.3, -0.25) is 19.9 Å². The van der Waals surface area contributed by atoms with Gasteiger partial charge in [-0.2, -0.15) is 5.10 Å². The van der Waals surface area contributed by atoms with Crippen LogP contribution in [0.1, 0.15) is 16.8 Å². The van der Waals surface area contributed by atoms with Gasteiger partial charge in [-0.1, -0.05) is 42.5 Å². The number of anilines is 1. The van der Waals surface area contributed by atoms with E-state index < -0.39 is 4.92 Å². The molecular formula is C17H14N6O3. The van der Waals surface area contributed by atoms with Crippen LogP contribution in [0.4, 0.5) is 11.6 Å². The maximum absolute atomic E-state index is 12.1. The Balaban J connectivity index is 1.67. The molecule has 0 aliphatic heterocycles. The number of aromatic nitrogens is 3. The van der Waals surface area contributed by atoms with E-state index in [-0.39, 0.29) is 17.2 Å². The smallest absolute Gasteiger partial charge is 0.274 e. The lowest BCUT2D eigenvalue weighted by Gasteiger charge is -2.01. The summed E-state index contributed by atoms with van der Waals surface area (Å²) in [5.41, 5.74) is 3.93. The van der Waals surface area contributed by atoms with E-state index in [0.717, 1.165) is 5.56 Å². The molecule has 0 saturated heterocycles. The van der Waals surface area contributed by atoms with Crippen molar-refractivity contribution in [2.75, 3.05) is 5.43 Å². The normalized spacial score (nSPS) is 10.8. The number of rotatable bonds is 6. The molecule has 1 heterocycles. The summed E-state index contributed by atoms with van der Waals surface area (Å²) in [6, 6.07) is 15.4. The Morgan fingerprint density at radius 1 is 1.15 bits per heavy atom. The Bertz CT molecular complexity index is 1000. The standard InChI is InChI=1S/C17H14N6O3/c24-16-15(10-12-5-2-1-3-6-12)20-22-17(19-16)21-18-11-13-7-4-8-14(9-13)23(25)26/h1-9,11H,10H2,(H2,19,21,22,24)/b18-11-. The van der Waals surface area contributed by atoms with Crippen molar-refractivity contribution in [3.8, 4) is 0 Å². The number of H-pyrrole nitrogens is 1. The zero-order valence-corrected chi connectivity index (χ0v) is 13.5. The molecule has 2 aromatic carbocycles. The molecule has 3 aromatic rings. The molecule has 0 spiro atoms. The van der Waals surface area contributed by atoms with E-state index in [1.54, 1.807) is 12.1 Å². The van der Waals surface area contributed by atoms with Gasteiger partial charge in [0, 0.05) is 24.1 Å². The third-order valence-corrected chi connectivity index (χ3v) is 3.44. The summed E-state index contributed by atoms with van der Waals surface area (Å²) < 4.78 is 0. The number of nitrogens with zero attached hydrogens (tertiary/aromatic N) is 4. The van der Waals surface area contributed by atoms with Gasteiger partial charge in [0.25, 0.3) is 11.2 Å². The van der Waals surface area contributed by atoms with E-state index in [1.165, 1.54) is 18.3 Å². The van der Waals surface area contributed by atoms with E-state index in [1.807, 2.05) is 30.3 Å². The van der Waals surface area contributed by atoms with Crippen molar-refractivity contribution >= 4 is 17.9 Å². The summed E-state index contributed by atoms with van der Waals surface area (Å²) in [5.74, 6) is 0.0773. The first-order valence-electron chi connectivity index (χ1n) is 7.65. The molecule has 0 unspecified atom stereocenters. The van der Waals surface area contributed by atoms with Gasteiger partial charge in [-0.15, -0.1) is 10.2 Å². The van der Waals surface area contributed by atoms with Crippen LogP contribution in [-0.2, 0) is 6.42 Å². The third-order valence-electron chi connectivity index (χ3n) is 3.44. The molecule has 0 aliphatic rings. The second-order valence-corrected chi connectivity index (χ2v) is 5.33. The minimum absolute atomic E-state index is 0.0348. The lowest BCUT2D eigenvalue weighted by molar-refractivity contribution is -0.384. The van der Waals surface area contributed by atoms with Gasteiger partial charge in [-0.05, 0) is 5.56 Å². The fourth-order valence-corrected chi connectivity index (χ4v) is 2.20. The number of benzene rings is 2. The zero-order valence-electron chi connectivity index (χ0n) is 13.5. The van der Waals surface area contributed by atoms with Gasteiger partial charge in [0.15, 0.2) is 0 Å². The Kier molecular flexibility index (Phi) is 5.08. The van der Waals surface area contributed by atoms with Crippen molar-refractivity contribution in [3.63, 3.8) is 0 Å². The molecule has 0 radical (unpaired) electrons. The maximum atomic E-state index is 12.1. The van der Waals surface area contributed by atoms with Crippen LogP contribution in [0.5, 0.6) is 0 Å². The van der Waals surface area contributed by atoms with Gasteiger partial charge in [0.1, 0.15) is 5.69 Å². The number of non-ortho nitro benzene ring substituents is 1. The number of nitro benzene ring substituents is 1. The van der Waals surface area contributed by atoms with E-state index in [9.17, 15) is 14.9 Å². The molecule has 0 bridgehead atoms. The van der Waals surface area contributed by atoms with Crippen molar-refractivity contribution in [2.24, 2.45) is 5.10 Å². The van der Waals surface area contributed by atoms with Crippen molar-refractivity contribution in [3.05, 3.63) is 91.9 Å². The van der Waals surface area contributed by atoms with Crippen LogP contribution in [0.2, 0.25) is 0 Å². The molecule has 9 heteroatoms. The second kappa shape index (κ2) is 7.79. The summed E-state index contributed by atoms with van der Waals surface area (Å²) >= 11 is 0.